The van der Waals surface area contributed by atoms with Gasteiger partial charge in [0, 0.05) is 43.9 Å². The molecule has 0 spiro atoms. The fraction of sp³-hybridized carbons (Fsp3) is 0.480. The Hall–Kier alpha value is -2.76. The fourth-order valence-electron chi connectivity index (χ4n) is 4.90. The van der Waals surface area contributed by atoms with E-state index >= 15 is 0 Å². The molecule has 1 saturated heterocycles. The van der Waals surface area contributed by atoms with Crippen molar-refractivity contribution in [3.05, 3.63) is 65.2 Å². The van der Waals surface area contributed by atoms with Gasteiger partial charge >= 0.3 is 0 Å². The zero-order chi connectivity index (χ0) is 21.8. The van der Waals surface area contributed by atoms with E-state index in [2.05, 4.69) is 10.3 Å². The smallest absolute Gasteiger partial charge is 0.225 e. The second-order valence-corrected chi connectivity index (χ2v) is 8.94. The predicted molar refractivity (Wildman–Crippen MR) is 117 cm³/mol. The summed E-state index contributed by atoms with van der Waals surface area (Å²) in [5, 5.41) is 3.01. The Kier molecular flexibility index (Phi) is 6.64. The molecule has 6 heteroatoms. The van der Waals surface area contributed by atoms with Crippen molar-refractivity contribution in [3.8, 4) is 0 Å². The summed E-state index contributed by atoms with van der Waals surface area (Å²) in [6.07, 6.45) is 8.16. The highest BCUT2D eigenvalue weighted by molar-refractivity contribution is 5.82. The third-order valence-corrected chi connectivity index (χ3v) is 6.68. The zero-order valence-electron chi connectivity index (χ0n) is 18.0. The van der Waals surface area contributed by atoms with Crippen LogP contribution in [0, 0.1) is 24.6 Å². The van der Waals surface area contributed by atoms with Gasteiger partial charge in [-0.05, 0) is 55.0 Å². The average molecular weight is 424 g/mol. The van der Waals surface area contributed by atoms with Crippen molar-refractivity contribution in [2.75, 3.05) is 13.1 Å². The number of nitrogens with zero attached hydrogens (tertiary/aromatic N) is 2. The SMILES string of the molecule is Cc1cc([C@@H]2C[C@@H](C(=O)NCc3cccnc3)CN(C(=O)C3CCCC3)C2)ccc1F. The number of piperidine rings is 1. The van der Waals surface area contributed by atoms with Crippen LogP contribution >= 0.6 is 0 Å². The first-order chi connectivity index (χ1) is 15.0. The predicted octanol–water partition coefficient (Wildman–Crippen LogP) is 3.97. The van der Waals surface area contributed by atoms with Gasteiger partial charge in [-0.1, -0.05) is 31.0 Å². The van der Waals surface area contributed by atoms with Crippen LogP contribution in [0.3, 0.4) is 0 Å². The van der Waals surface area contributed by atoms with Crippen LogP contribution in [0.15, 0.2) is 42.7 Å². The third kappa shape index (κ3) is 5.12. The zero-order valence-corrected chi connectivity index (χ0v) is 18.0. The van der Waals surface area contributed by atoms with E-state index in [1.807, 2.05) is 23.1 Å². The first kappa shape index (κ1) is 21.5. The quantitative estimate of drug-likeness (QED) is 0.792. The Labute approximate surface area is 183 Å². The molecular formula is C25H30FN3O2. The number of aromatic nitrogens is 1. The van der Waals surface area contributed by atoms with Gasteiger partial charge in [0.05, 0.1) is 5.92 Å². The molecule has 164 valence electrons. The standard InChI is InChI=1S/C25H30FN3O2/c1-17-11-20(8-9-23(17)26)21-12-22(24(30)28-14-18-5-4-10-27-13-18)16-29(15-21)25(31)19-6-2-3-7-19/h4-5,8-11,13,19,21-22H,2-3,6-7,12,14-16H2,1H3,(H,28,30)/t21-,22-/m1/s1. The number of carbonyl (C=O) groups excluding carboxylic acids is 2. The van der Waals surface area contributed by atoms with E-state index in [0.29, 0.717) is 31.6 Å². The molecule has 4 rings (SSSR count). The minimum Gasteiger partial charge on any atom is -0.352 e. The van der Waals surface area contributed by atoms with Crippen LogP contribution in [0.4, 0.5) is 4.39 Å². The molecule has 2 aromatic rings. The van der Waals surface area contributed by atoms with Gasteiger partial charge < -0.3 is 10.2 Å². The van der Waals surface area contributed by atoms with Gasteiger partial charge in [0.25, 0.3) is 0 Å². The summed E-state index contributed by atoms with van der Waals surface area (Å²) < 4.78 is 13.8. The molecule has 1 saturated carbocycles. The summed E-state index contributed by atoms with van der Waals surface area (Å²) in [4.78, 5) is 32.2. The van der Waals surface area contributed by atoms with E-state index in [4.69, 9.17) is 0 Å². The van der Waals surface area contributed by atoms with E-state index in [0.717, 1.165) is 36.8 Å². The minimum absolute atomic E-state index is 0.0209. The monoisotopic (exact) mass is 423 g/mol. The number of pyridine rings is 1. The van der Waals surface area contributed by atoms with Crippen LogP contribution in [-0.2, 0) is 16.1 Å². The highest BCUT2D eigenvalue weighted by atomic mass is 19.1. The Bertz CT molecular complexity index is 928. The number of hydrogen-bond acceptors (Lipinski definition) is 3. The summed E-state index contributed by atoms with van der Waals surface area (Å²) in [7, 11) is 0. The van der Waals surface area contributed by atoms with Crippen molar-refractivity contribution >= 4 is 11.8 Å². The summed E-state index contributed by atoms with van der Waals surface area (Å²) in [6.45, 7) is 3.21. The maximum atomic E-state index is 13.8. The number of nitrogens with one attached hydrogen (secondary N) is 1. The molecule has 2 aliphatic rings. The summed E-state index contributed by atoms with van der Waals surface area (Å²) in [6, 6.07) is 8.90. The molecule has 2 heterocycles. The van der Waals surface area contributed by atoms with Gasteiger partial charge in [0.15, 0.2) is 0 Å². The number of amides is 2. The van der Waals surface area contributed by atoms with Crippen LogP contribution in [0.2, 0.25) is 0 Å². The normalized spacial score (nSPS) is 21.8. The molecule has 2 fully saturated rings. The summed E-state index contributed by atoms with van der Waals surface area (Å²) in [5.74, 6) is -0.293. The van der Waals surface area contributed by atoms with Crippen molar-refractivity contribution in [1.29, 1.82) is 0 Å². The lowest BCUT2D eigenvalue weighted by molar-refractivity contribution is -0.139. The molecule has 0 unspecified atom stereocenters. The van der Waals surface area contributed by atoms with Crippen molar-refractivity contribution in [2.24, 2.45) is 11.8 Å². The van der Waals surface area contributed by atoms with E-state index in [9.17, 15) is 14.0 Å². The molecule has 0 radical (unpaired) electrons. The number of rotatable bonds is 5. The van der Waals surface area contributed by atoms with Crippen molar-refractivity contribution in [2.45, 2.75) is 51.5 Å². The lowest BCUT2D eigenvalue weighted by atomic mass is 9.83. The van der Waals surface area contributed by atoms with Crippen LogP contribution in [0.25, 0.3) is 0 Å². The second-order valence-electron chi connectivity index (χ2n) is 8.94. The Balaban J connectivity index is 1.51. The van der Waals surface area contributed by atoms with Gasteiger partial charge in [-0.2, -0.15) is 0 Å². The number of aryl methyl sites for hydroxylation is 1. The molecular weight excluding hydrogens is 393 g/mol. The Morgan fingerprint density at radius 2 is 1.97 bits per heavy atom. The van der Waals surface area contributed by atoms with Crippen molar-refractivity contribution < 1.29 is 14.0 Å². The van der Waals surface area contributed by atoms with Crippen LogP contribution in [0.5, 0.6) is 0 Å². The lowest BCUT2D eigenvalue weighted by Crippen LogP contribution is -2.49. The Morgan fingerprint density at radius 3 is 2.68 bits per heavy atom. The number of likely N-dealkylation sites (tertiary alicyclic amines) is 1. The highest BCUT2D eigenvalue weighted by Crippen LogP contribution is 2.34. The van der Waals surface area contributed by atoms with E-state index < -0.39 is 0 Å². The maximum absolute atomic E-state index is 13.8. The second kappa shape index (κ2) is 9.58. The van der Waals surface area contributed by atoms with Gasteiger partial charge in [-0.25, -0.2) is 4.39 Å². The molecule has 2 amide bonds. The minimum atomic E-state index is -0.286. The van der Waals surface area contributed by atoms with Crippen molar-refractivity contribution in [1.82, 2.24) is 15.2 Å². The molecule has 1 aliphatic heterocycles. The molecule has 1 N–H and O–H groups in total. The van der Waals surface area contributed by atoms with Crippen LogP contribution < -0.4 is 5.32 Å². The average Bonchev–Trinajstić information content (AvgIpc) is 3.34. The van der Waals surface area contributed by atoms with E-state index in [-0.39, 0.29) is 35.4 Å². The number of carbonyl (C=O) groups is 2. The molecule has 31 heavy (non-hydrogen) atoms. The van der Waals surface area contributed by atoms with Crippen LogP contribution in [-0.4, -0.2) is 34.8 Å². The topological polar surface area (TPSA) is 62.3 Å². The van der Waals surface area contributed by atoms with E-state index in [1.54, 1.807) is 25.4 Å². The molecule has 2 atom stereocenters. The fourth-order valence-corrected chi connectivity index (χ4v) is 4.90. The number of hydrogen-bond donors (Lipinski definition) is 1. The summed E-state index contributed by atoms with van der Waals surface area (Å²) >= 11 is 0. The van der Waals surface area contributed by atoms with E-state index in [1.165, 1.54) is 6.07 Å². The van der Waals surface area contributed by atoms with Gasteiger partial charge in [-0.3, -0.25) is 14.6 Å². The van der Waals surface area contributed by atoms with Crippen LogP contribution in [0.1, 0.15) is 54.7 Å². The van der Waals surface area contributed by atoms with Crippen molar-refractivity contribution in [3.63, 3.8) is 0 Å². The molecule has 0 bridgehead atoms. The van der Waals surface area contributed by atoms with Gasteiger partial charge in [0.1, 0.15) is 5.82 Å². The van der Waals surface area contributed by atoms with Gasteiger partial charge in [0.2, 0.25) is 11.8 Å². The first-order valence-electron chi connectivity index (χ1n) is 11.2. The highest BCUT2D eigenvalue weighted by Gasteiger charge is 2.37. The maximum Gasteiger partial charge on any atom is 0.225 e. The lowest BCUT2D eigenvalue weighted by Gasteiger charge is -2.38. The molecule has 1 aliphatic carbocycles. The molecule has 1 aromatic heterocycles. The first-order valence-corrected chi connectivity index (χ1v) is 11.2. The number of halogens is 1. The number of benzene rings is 1. The molecule has 5 nitrogen and oxygen atoms in total. The Morgan fingerprint density at radius 1 is 1.16 bits per heavy atom. The third-order valence-electron chi connectivity index (χ3n) is 6.68. The van der Waals surface area contributed by atoms with Gasteiger partial charge in [-0.15, -0.1) is 0 Å². The molecule has 1 aromatic carbocycles. The summed E-state index contributed by atoms with van der Waals surface area (Å²) in [5.41, 5.74) is 2.53. The largest absolute Gasteiger partial charge is 0.352 e.